The SMILES string of the molecule is O=C(O)C(=Cc1cc(-c2nnn[nH]2)c(Cc2ccccc2)s1)C(=O)O. The van der Waals surface area contributed by atoms with Crippen LogP contribution in [-0.4, -0.2) is 42.8 Å². The van der Waals surface area contributed by atoms with Crippen LogP contribution in [0.15, 0.2) is 42.0 Å². The van der Waals surface area contributed by atoms with E-state index in [1.807, 2.05) is 30.3 Å². The van der Waals surface area contributed by atoms with Crippen molar-refractivity contribution in [1.82, 2.24) is 20.6 Å². The van der Waals surface area contributed by atoms with Gasteiger partial charge in [0.15, 0.2) is 5.82 Å². The van der Waals surface area contributed by atoms with Crippen LogP contribution < -0.4 is 0 Å². The Hall–Kier alpha value is -3.33. The predicted octanol–water partition coefficient (Wildman–Crippen LogP) is 2.07. The van der Waals surface area contributed by atoms with Crippen LogP contribution in [0.2, 0.25) is 0 Å². The van der Waals surface area contributed by atoms with Crippen LogP contribution in [-0.2, 0) is 16.0 Å². The van der Waals surface area contributed by atoms with Crippen molar-refractivity contribution in [2.45, 2.75) is 6.42 Å². The first-order valence-corrected chi connectivity index (χ1v) is 7.95. The molecule has 0 fully saturated rings. The zero-order valence-corrected chi connectivity index (χ0v) is 13.5. The standard InChI is InChI=1S/C16H12N4O4S/c21-15(22)12(16(23)24)8-10-7-11(14-17-19-20-18-14)13(25-10)6-9-4-2-1-3-5-9/h1-5,7-8H,6H2,(H,21,22)(H,23,24)(H,17,18,19,20). The van der Waals surface area contributed by atoms with Crippen LogP contribution in [0.4, 0.5) is 0 Å². The summed E-state index contributed by atoms with van der Waals surface area (Å²) in [5, 5.41) is 31.7. The molecule has 3 N–H and O–H groups in total. The first-order chi connectivity index (χ1) is 12.0. The number of nitrogens with zero attached hydrogens (tertiary/aromatic N) is 3. The third-order valence-corrected chi connectivity index (χ3v) is 4.47. The molecule has 0 atom stereocenters. The molecule has 3 aromatic rings. The van der Waals surface area contributed by atoms with E-state index in [2.05, 4.69) is 20.6 Å². The number of benzene rings is 1. The largest absolute Gasteiger partial charge is 0.477 e. The third-order valence-electron chi connectivity index (χ3n) is 3.38. The maximum Gasteiger partial charge on any atom is 0.343 e. The Morgan fingerprint density at radius 3 is 2.48 bits per heavy atom. The number of hydrogen-bond acceptors (Lipinski definition) is 6. The molecule has 2 aromatic heterocycles. The maximum atomic E-state index is 11.1. The van der Waals surface area contributed by atoms with Crippen LogP contribution in [0.5, 0.6) is 0 Å². The number of aromatic nitrogens is 4. The molecule has 9 heteroatoms. The summed E-state index contributed by atoms with van der Waals surface area (Å²) in [6, 6.07) is 11.4. The van der Waals surface area contributed by atoms with Gasteiger partial charge in [0.05, 0.1) is 0 Å². The lowest BCUT2D eigenvalue weighted by Crippen LogP contribution is -2.10. The topological polar surface area (TPSA) is 129 Å². The average molecular weight is 356 g/mol. The Bertz CT molecular complexity index is 916. The second-order valence-corrected chi connectivity index (χ2v) is 6.23. The van der Waals surface area contributed by atoms with E-state index in [-0.39, 0.29) is 0 Å². The third kappa shape index (κ3) is 3.78. The van der Waals surface area contributed by atoms with Gasteiger partial charge in [-0.2, -0.15) is 0 Å². The first kappa shape index (κ1) is 16.5. The summed E-state index contributed by atoms with van der Waals surface area (Å²) in [6.45, 7) is 0. The van der Waals surface area contributed by atoms with E-state index in [9.17, 15) is 9.59 Å². The number of tetrazole rings is 1. The monoisotopic (exact) mass is 356 g/mol. The van der Waals surface area contributed by atoms with Crippen molar-refractivity contribution < 1.29 is 19.8 Å². The molecule has 0 aliphatic heterocycles. The highest BCUT2D eigenvalue weighted by Crippen LogP contribution is 2.32. The number of carbonyl (C=O) groups is 2. The molecule has 0 saturated carbocycles. The lowest BCUT2D eigenvalue weighted by atomic mass is 10.1. The van der Waals surface area contributed by atoms with Gasteiger partial charge >= 0.3 is 11.9 Å². The Morgan fingerprint density at radius 2 is 1.88 bits per heavy atom. The molecule has 0 saturated heterocycles. The molecule has 0 radical (unpaired) electrons. The average Bonchev–Trinajstić information content (AvgIpc) is 3.22. The first-order valence-electron chi connectivity index (χ1n) is 7.13. The number of rotatable bonds is 6. The quantitative estimate of drug-likeness (QED) is 0.350. The summed E-state index contributed by atoms with van der Waals surface area (Å²) in [4.78, 5) is 23.5. The highest BCUT2D eigenvalue weighted by Gasteiger charge is 2.19. The van der Waals surface area contributed by atoms with Crippen molar-refractivity contribution in [3.8, 4) is 11.4 Å². The van der Waals surface area contributed by atoms with Gasteiger partial charge in [-0.25, -0.2) is 14.7 Å². The lowest BCUT2D eigenvalue weighted by molar-refractivity contribution is -0.139. The Morgan fingerprint density at radius 1 is 1.16 bits per heavy atom. The van der Waals surface area contributed by atoms with E-state index in [1.165, 1.54) is 11.3 Å². The number of aromatic amines is 1. The number of nitrogens with one attached hydrogen (secondary N) is 1. The number of carboxylic acid groups (broad SMARTS) is 2. The van der Waals surface area contributed by atoms with Crippen molar-refractivity contribution in [2.75, 3.05) is 0 Å². The van der Waals surface area contributed by atoms with E-state index >= 15 is 0 Å². The van der Waals surface area contributed by atoms with Gasteiger partial charge in [0.2, 0.25) is 0 Å². The zero-order valence-electron chi connectivity index (χ0n) is 12.7. The summed E-state index contributed by atoms with van der Waals surface area (Å²) in [5.41, 5.74) is 1.07. The molecule has 0 aliphatic carbocycles. The van der Waals surface area contributed by atoms with Crippen molar-refractivity contribution >= 4 is 29.4 Å². The predicted molar refractivity (Wildman–Crippen MR) is 90.0 cm³/mol. The smallest absolute Gasteiger partial charge is 0.343 e. The molecule has 3 rings (SSSR count). The van der Waals surface area contributed by atoms with E-state index in [4.69, 9.17) is 10.2 Å². The molecule has 126 valence electrons. The number of H-pyrrole nitrogens is 1. The molecule has 1 aromatic carbocycles. The van der Waals surface area contributed by atoms with Crippen LogP contribution in [0.3, 0.4) is 0 Å². The van der Waals surface area contributed by atoms with Gasteiger partial charge in [0, 0.05) is 21.7 Å². The minimum Gasteiger partial charge on any atom is -0.477 e. The van der Waals surface area contributed by atoms with Crippen molar-refractivity contribution in [2.24, 2.45) is 0 Å². The van der Waals surface area contributed by atoms with Crippen LogP contribution >= 0.6 is 11.3 Å². The molecule has 8 nitrogen and oxygen atoms in total. The molecule has 0 unspecified atom stereocenters. The summed E-state index contributed by atoms with van der Waals surface area (Å²) in [6.07, 6.45) is 1.72. The fraction of sp³-hybridized carbons (Fsp3) is 0.0625. The van der Waals surface area contributed by atoms with E-state index in [0.29, 0.717) is 22.7 Å². The number of thiophene rings is 1. The molecule has 25 heavy (non-hydrogen) atoms. The number of aliphatic carboxylic acids is 2. The lowest BCUT2D eigenvalue weighted by Gasteiger charge is -2.00. The van der Waals surface area contributed by atoms with Gasteiger partial charge < -0.3 is 10.2 Å². The fourth-order valence-electron chi connectivity index (χ4n) is 2.26. The van der Waals surface area contributed by atoms with E-state index in [1.54, 1.807) is 6.07 Å². The molecular weight excluding hydrogens is 344 g/mol. The van der Waals surface area contributed by atoms with Crippen LogP contribution in [0.1, 0.15) is 15.3 Å². The van der Waals surface area contributed by atoms with Crippen LogP contribution in [0, 0.1) is 0 Å². The normalized spacial score (nSPS) is 10.4. The summed E-state index contributed by atoms with van der Waals surface area (Å²) < 4.78 is 0. The van der Waals surface area contributed by atoms with Gasteiger partial charge in [0.25, 0.3) is 0 Å². The van der Waals surface area contributed by atoms with Crippen LogP contribution in [0.25, 0.3) is 17.5 Å². The minimum atomic E-state index is -1.49. The summed E-state index contributed by atoms with van der Waals surface area (Å²) >= 11 is 1.30. The fourth-order valence-corrected chi connectivity index (χ4v) is 3.41. The van der Waals surface area contributed by atoms with Gasteiger partial charge in [-0.1, -0.05) is 30.3 Å². The molecular formula is C16H12N4O4S. The van der Waals surface area contributed by atoms with Crippen molar-refractivity contribution in [3.05, 3.63) is 57.3 Å². The molecule has 2 heterocycles. The van der Waals surface area contributed by atoms with Gasteiger partial charge in [-0.05, 0) is 28.1 Å². The molecule has 0 spiro atoms. The number of carboxylic acids is 2. The Balaban J connectivity index is 2.04. The molecule has 0 aliphatic rings. The van der Waals surface area contributed by atoms with Gasteiger partial charge in [-0.15, -0.1) is 16.4 Å². The maximum absolute atomic E-state index is 11.1. The van der Waals surface area contributed by atoms with Gasteiger partial charge in [0.1, 0.15) is 5.57 Å². The molecule has 0 amide bonds. The minimum absolute atomic E-state index is 0.439. The highest BCUT2D eigenvalue weighted by atomic mass is 32.1. The zero-order chi connectivity index (χ0) is 17.8. The second kappa shape index (κ2) is 7.05. The second-order valence-electron chi connectivity index (χ2n) is 5.07. The Kier molecular flexibility index (Phi) is 4.66. The van der Waals surface area contributed by atoms with E-state index < -0.39 is 17.5 Å². The highest BCUT2D eigenvalue weighted by molar-refractivity contribution is 7.13. The number of hydrogen-bond donors (Lipinski definition) is 3. The summed E-state index contributed by atoms with van der Waals surface area (Å²) in [5.74, 6) is -2.55. The molecule has 0 bridgehead atoms. The Labute approximate surface area is 145 Å². The van der Waals surface area contributed by atoms with E-state index in [0.717, 1.165) is 16.5 Å². The van der Waals surface area contributed by atoms with Crippen molar-refractivity contribution in [3.63, 3.8) is 0 Å². The summed E-state index contributed by atoms with van der Waals surface area (Å²) in [7, 11) is 0. The van der Waals surface area contributed by atoms with Gasteiger partial charge in [-0.3, -0.25) is 0 Å². The van der Waals surface area contributed by atoms with Crippen molar-refractivity contribution in [1.29, 1.82) is 0 Å².